The maximum Gasteiger partial charge on any atom is 0.333 e. The molecule has 0 aromatic rings. The van der Waals surface area contributed by atoms with Crippen LogP contribution in [-0.4, -0.2) is 30.9 Å². The third kappa shape index (κ3) is 4.11. The Kier molecular flexibility index (Phi) is 5.09. The number of hydrogen-bond donors (Lipinski definition) is 0. The summed E-state index contributed by atoms with van der Waals surface area (Å²) in [6.07, 6.45) is 2.39. The molecule has 0 rings (SSSR count). The molecule has 0 heterocycles. The van der Waals surface area contributed by atoms with Crippen molar-refractivity contribution in [2.45, 2.75) is 13.0 Å². The molecule has 0 fully saturated rings. The lowest BCUT2D eigenvalue weighted by Crippen LogP contribution is -2.17. The molecule has 12 heavy (non-hydrogen) atoms. The Labute approximate surface area is 68.0 Å². The van der Waals surface area contributed by atoms with Gasteiger partial charge in [0.25, 0.3) is 0 Å². The summed E-state index contributed by atoms with van der Waals surface area (Å²) < 4.78 is 4.36. The van der Waals surface area contributed by atoms with Crippen LogP contribution in [0.5, 0.6) is 0 Å². The fourth-order valence-electron chi connectivity index (χ4n) is 0.375. The zero-order valence-corrected chi connectivity index (χ0v) is 6.31. The summed E-state index contributed by atoms with van der Waals surface area (Å²) in [5.74, 6) is -0.739. The number of hydrogen-bond acceptors (Lipinski definition) is 6. The fraction of sp³-hybridized carbons (Fsp3) is 0.500. The minimum absolute atomic E-state index is 0.402. The highest BCUT2D eigenvalue weighted by Gasteiger charge is 2.11. The quantitative estimate of drug-likeness (QED) is 0.325. The van der Waals surface area contributed by atoms with E-state index in [0.717, 1.165) is 0 Å². The van der Waals surface area contributed by atoms with Crippen LogP contribution in [0.3, 0.4) is 0 Å². The van der Waals surface area contributed by atoms with Gasteiger partial charge in [-0.2, -0.15) is 9.98 Å². The second kappa shape index (κ2) is 5.97. The van der Waals surface area contributed by atoms with E-state index >= 15 is 0 Å². The molecule has 0 aromatic heterocycles. The van der Waals surface area contributed by atoms with E-state index in [4.69, 9.17) is 0 Å². The number of isocyanates is 2. The average molecular weight is 170 g/mol. The van der Waals surface area contributed by atoms with E-state index in [1.165, 1.54) is 19.1 Å². The van der Waals surface area contributed by atoms with Crippen molar-refractivity contribution in [1.82, 2.24) is 0 Å². The monoisotopic (exact) mass is 170 g/mol. The second-order valence-corrected chi connectivity index (χ2v) is 1.74. The average Bonchev–Trinajstić information content (AvgIpc) is 2.05. The Hall–Kier alpha value is -1.77. The predicted molar refractivity (Wildman–Crippen MR) is 36.7 cm³/mol. The smallest absolute Gasteiger partial charge is 0.333 e. The minimum atomic E-state index is -0.913. The van der Waals surface area contributed by atoms with E-state index in [0.29, 0.717) is 0 Å². The van der Waals surface area contributed by atoms with Crippen LogP contribution in [0.25, 0.3) is 0 Å². The number of aliphatic imine (C=N–C) groups is 2. The first kappa shape index (κ1) is 10.2. The fourth-order valence-corrected chi connectivity index (χ4v) is 0.375. The van der Waals surface area contributed by atoms with Gasteiger partial charge in [0.15, 0.2) is 12.8 Å². The molecule has 0 aromatic carbocycles. The summed E-state index contributed by atoms with van der Waals surface area (Å²) in [4.78, 5) is 35.9. The molecular formula is C6H6N2O4. The molecule has 0 aliphatic rings. The predicted octanol–water partition coefficient (Wildman–Crippen LogP) is -0.453. The lowest BCUT2D eigenvalue weighted by Gasteiger charge is -2.01. The largest absolute Gasteiger partial charge is 0.440 e. The van der Waals surface area contributed by atoms with E-state index < -0.39 is 18.7 Å². The molecule has 1 unspecified atom stereocenters. The van der Waals surface area contributed by atoms with Crippen molar-refractivity contribution >= 4 is 18.1 Å². The first-order valence-electron chi connectivity index (χ1n) is 2.99. The van der Waals surface area contributed by atoms with Crippen molar-refractivity contribution in [1.29, 1.82) is 0 Å². The molecule has 1 atom stereocenters. The minimum Gasteiger partial charge on any atom is -0.440 e. The molecule has 0 N–H and O–H groups in total. The normalized spacial score (nSPS) is 10.4. The van der Waals surface area contributed by atoms with Crippen LogP contribution < -0.4 is 0 Å². The molecule has 0 amide bonds. The number of rotatable bonds is 4. The van der Waals surface area contributed by atoms with E-state index in [1.54, 1.807) is 0 Å². The van der Waals surface area contributed by atoms with Crippen molar-refractivity contribution in [3.05, 3.63) is 0 Å². The van der Waals surface area contributed by atoms with Gasteiger partial charge in [0.1, 0.15) is 0 Å². The van der Waals surface area contributed by atoms with Crippen LogP contribution in [0.4, 0.5) is 0 Å². The van der Waals surface area contributed by atoms with Crippen molar-refractivity contribution in [3.63, 3.8) is 0 Å². The molecule has 0 aliphatic heterocycles. The van der Waals surface area contributed by atoms with Crippen LogP contribution in [0, 0.1) is 0 Å². The first-order chi connectivity index (χ1) is 5.72. The van der Waals surface area contributed by atoms with Gasteiger partial charge in [-0.25, -0.2) is 14.4 Å². The lowest BCUT2D eigenvalue weighted by atomic mass is 10.4. The van der Waals surface area contributed by atoms with Crippen LogP contribution in [0.1, 0.15) is 6.92 Å². The highest BCUT2D eigenvalue weighted by molar-refractivity contribution is 5.76. The van der Waals surface area contributed by atoms with Gasteiger partial charge in [-0.05, 0) is 6.92 Å². The Morgan fingerprint density at radius 2 is 2.17 bits per heavy atom. The highest BCUT2D eigenvalue weighted by Crippen LogP contribution is 1.91. The topological polar surface area (TPSA) is 85.2 Å². The summed E-state index contributed by atoms with van der Waals surface area (Å²) in [7, 11) is 0. The molecule has 0 bridgehead atoms. The summed E-state index contributed by atoms with van der Waals surface area (Å²) in [6.45, 7) is 0.957. The number of nitrogens with zero attached hydrogens (tertiary/aromatic N) is 2. The third-order valence-corrected chi connectivity index (χ3v) is 0.923. The molecule has 0 saturated heterocycles. The maximum atomic E-state index is 10.7. The number of ether oxygens (including phenoxy) is 1. The van der Waals surface area contributed by atoms with Crippen molar-refractivity contribution in [2.75, 3.05) is 6.73 Å². The van der Waals surface area contributed by atoms with E-state index in [1.807, 2.05) is 0 Å². The van der Waals surface area contributed by atoms with Gasteiger partial charge in [-0.3, -0.25) is 0 Å². The molecule has 64 valence electrons. The van der Waals surface area contributed by atoms with Gasteiger partial charge >= 0.3 is 5.97 Å². The molecule has 6 nitrogen and oxygen atoms in total. The zero-order valence-electron chi connectivity index (χ0n) is 6.31. The maximum absolute atomic E-state index is 10.7. The van der Waals surface area contributed by atoms with Crippen LogP contribution in [0.2, 0.25) is 0 Å². The molecule has 0 spiro atoms. The van der Waals surface area contributed by atoms with E-state index in [-0.39, 0.29) is 0 Å². The first-order valence-corrected chi connectivity index (χ1v) is 2.99. The molecule has 6 heteroatoms. The van der Waals surface area contributed by atoms with Gasteiger partial charge in [0.2, 0.25) is 12.2 Å². The summed E-state index contributed by atoms with van der Waals surface area (Å²) >= 11 is 0. The summed E-state index contributed by atoms with van der Waals surface area (Å²) in [5.41, 5.74) is 0. The zero-order chi connectivity index (χ0) is 9.40. The van der Waals surface area contributed by atoms with Crippen molar-refractivity contribution in [3.8, 4) is 0 Å². The Balaban J connectivity index is 3.86. The Morgan fingerprint density at radius 3 is 2.67 bits per heavy atom. The van der Waals surface area contributed by atoms with Crippen molar-refractivity contribution in [2.24, 2.45) is 9.98 Å². The van der Waals surface area contributed by atoms with Gasteiger partial charge in [-0.1, -0.05) is 0 Å². The van der Waals surface area contributed by atoms with Gasteiger partial charge in [-0.15, -0.1) is 0 Å². The third-order valence-electron chi connectivity index (χ3n) is 0.923. The standard InChI is InChI=1S/C6H6N2O4/c1-5(8-3-10)6(11)12-4-7-2-9/h5H,4H2,1H3. The van der Waals surface area contributed by atoms with Crippen LogP contribution >= 0.6 is 0 Å². The Bertz CT molecular complexity index is 250. The Morgan fingerprint density at radius 1 is 1.50 bits per heavy atom. The number of carbonyl (C=O) groups is 1. The lowest BCUT2D eigenvalue weighted by molar-refractivity contribution is -0.144. The van der Waals surface area contributed by atoms with E-state index in [2.05, 4.69) is 14.7 Å². The van der Waals surface area contributed by atoms with Crippen LogP contribution in [-0.2, 0) is 19.1 Å². The van der Waals surface area contributed by atoms with Crippen molar-refractivity contribution < 1.29 is 19.1 Å². The number of carbonyl (C=O) groups excluding carboxylic acids is 3. The summed E-state index contributed by atoms with van der Waals surface area (Å²) in [6, 6.07) is -0.913. The van der Waals surface area contributed by atoms with E-state index in [9.17, 15) is 14.4 Å². The van der Waals surface area contributed by atoms with Gasteiger partial charge < -0.3 is 4.74 Å². The molecule has 0 aliphatic carbocycles. The van der Waals surface area contributed by atoms with Gasteiger partial charge in [0.05, 0.1) is 0 Å². The number of esters is 1. The molecular weight excluding hydrogens is 164 g/mol. The second-order valence-electron chi connectivity index (χ2n) is 1.74. The molecule has 0 saturated carbocycles. The highest BCUT2D eigenvalue weighted by atomic mass is 16.5. The molecule has 0 radical (unpaired) electrons. The van der Waals surface area contributed by atoms with Crippen LogP contribution in [0.15, 0.2) is 9.98 Å². The summed E-state index contributed by atoms with van der Waals surface area (Å²) in [5, 5.41) is 0. The SMILES string of the molecule is CC(N=C=O)C(=O)OCN=C=O. The van der Waals surface area contributed by atoms with Gasteiger partial charge in [0, 0.05) is 0 Å².